The molecule has 0 saturated heterocycles. The van der Waals surface area contributed by atoms with Crippen molar-refractivity contribution in [2.24, 2.45) is 0 Å². The number of carboxylic acids is 1. The van der Waals surface area contributed by atoms with E-state index in [9.17, 15) is 9.59 Å². The molecule has 1 aliphatic carbocycles. The van der Waals surface area contributed by atoms with Gasteiger partial charge in [-0.2, -0.15) is 0 Å². The van der Waals surface area contributed by atoms with E-state index in [1.54, 1.807) is 0 Å². The van der Waals surface area contributed by atoms with E-state index in [0.29, 0.717) is 22.9 Å². The van der Waals surface area contributed by atoms with Crippen molar-refractivity contribution < 1.29 is 14.7 Å². The van der Waals surface area contributed by atoms with E-state index < -0.39 is 17.4 Å². The van der Waals surface area contributed by atoms with Crippen molar-refractivity contribution in [3.63, 3.8) is 0 Å². The van der Waals surface area contributed by atoms with Crippen molar-refractivity contribution in [3.8, 4) is 0 Å². The Morgan fingerprint density at radius 2 is 2.25 bits per heavy atom. The molecule has 1 amide bonds. The second-order valence-corrected chi connectivity index (χ2v) is 4.82. The smallest absolute Gasteiger partial charge is 0.329 e. The number of anilines is 1. The fraction of sp³-hybridized carbons (Fsp3) is 0.444. The summed E-state index contributed by atoms with van der Waals surface area (Å²) in [4.78, 5) is 26.8. The maximum absolute atomic E-state index is 11.7. The predicted molar refractivity (Wildman–Crippen MR) is 58.2 cm³/mol. The lowest BCUT2D eigenvalue weighted by molar-refractivity contribution is -0.148. The average Bonchev–Trinajstić information content (AvgIpc) is 2.57. The molecule has 1 aliphatic rings. The second kappa shape index (κ2) is 3.75. The van der Waals surface area contributed by atoms with Gasteiger partial charge in [0, 0.05) is 0 Å². The monoisotopic (exact) mass is 241 g/mol. The van der Waals surface area contributed by atoms with Gasteiger partial charge in [-0.15, -0.1) is 0 Å². The molecule has 4 N–H and O–H groups in total. The topological polar surface area (TPSA) is 105 Å². The predicted octanol–water partition coefficient (Wildman–Crippen LogP) is 0.462. The number of nitrogen functional groups attached to an aromatic ring is 1. The van der Waals surface area contributed by atoms with Gasteiger partial charge in [-0.3, -0.25) is 4.79 Å². The van der Waals surface area contributed by atoms with E-state index in [1.807, 2.05) is 0 Å². The second-order valence-electron chi connectivity index (χ2n) is 3.76. The summed E-state index contributed by atoms with van der Waals surface area (Å²) >= 11 is 1.04. The Kier molecular flexibility index (Phi) is 2.55. The number of nitrogens with two attached hydrogens (primary N) is 1. The molecule has 16 heavy (non-hydrogen) atoms. The number of carbonyl (C=O) groups is 2. The van der Waals surface area contributed by atoms with Gasteiger partial charge >= 0.3 is 5.97 Å². The molecule has 1 aromatic rings. The van der Waals surface area contributed by atoms with Gasteiger partial charge in [0.25, 0.3) is 5.91 Å². The summed E-state index contributed by atoms with van der Waals surface area (Å²) in [7, 11) is 0. The van der Waals surface area contributed by atoms with E-state index in [1.165, 1.54) is 6.20 Å². The normalized spacial score (nSPS) is 17.5. The average molecular weight is 241 g/mol. The lowest BCUT2D eigenvalue weighted by Gasteiger charge is -2.37. The first kappa shape index (κ1) is 10.9. The number of amides is 1. The van der Waals surface area contributed by atoms with Crippen LogP contribution in [0.25, 0.3) is 0 Å². The molecule has 86 valence electrons. The number of carboxylic acid groups (broad SMARTS) is 1. The van der Waals surface area contributed by atoms with Crippen molar-refractivity contribution in [2.45, 2.75) is 24.8 Å². The number of carbonyl (C=O) groups excluding carboxylic acids is 1. The summed E-state index contributed by atoms with van der Waals surface area (Å²) in [6.45, 7) is 0. The fourth-order valence-corrected chi connectivity index (χ4v) is 2.17. The number of hydrogen-bond donors (Lipinski definition) is 3. The van der Waals surface area contributed by atoms with Crippen LogP contribution in [0.3, 0.4) is 0 Å². The van der Waals surface area contributed by atoms with Crippen molar-refractivity contribution in [3.05, 3.63) is 11.1 Å². The van der Waals surface area contributed by atoms with Crippen LogP contribution in [0, 0.1) is 0 Å². The maximum Gasteiger partial charge on any atom is 0.329 e. The van der Waals surface area contributed by atoms with Gasteiger partial charge in [-0.05, 0) is 19.3 Å². The zero-order valence-corrected chi connectivity index (χ0v) is 9.21. The zero-order valence-electron chi connectivity index (χ0n) is 8.40. The number of thiazole rings is 1. The first-order valence-electron chi connectivity index (χ1n) is 4.81. The SMILES string of the molecule is Nc1ncc(C(=O)NC2(C(=O)O)CCC2)s1. The van der Waals surface area contributed by atoms with Crippen LogP contribution in [-0.2, 0) is 4.79 Å². The molecule has 2 rings (SSSR count). The maximum atomic E-state index is 11.7. The molecule has 0 aromatic carbocycles. The van der Waals surface area contributed by atoms with Gasteiger partial charge in [0.15, 0.2) is 5.13 Å². The summed E-state index contributed by atoms with van der Waals surface area (Å²) in [5.41, 5.74) is 4.31. The van der Waals surface area contributed by atoms with Gasteiger partial charge in [0.1, 0.15) is 10.4 Å². The van der Waals surface area contributed by atoms with Crippen molar-refractivity contribution in [1.82, 2.24) is 10.3 Å². The molecule has 6 nitrogen and oxygen atoms in total. The molecule has 0 aliphatic heterocycles. The quantitative estimate of drug-likeness (QED) is 0.713. The highest BCUT2D eigenvalue weighted by Gasteiger charge is 2.45. The number of nitrogens with zero attached hydrogens (tertiary/aromatic N) is 1. The third-order valence-corrected chi connectivity index (χ3v) is 3.54. The number of nitrogens with one attached hydrogen (secondary N) is 1. The first-order valence-corrected chi connectivity index (χ1v) is 5.62. The van der Waals surface area contributed by atoms with E-state index >= 15 is 0 Å². The molecule has 1 saturated carbocycles. The van der Waals surface area contributed by atoms with Gasteiger partial charge in [0.2, 0.25) is 0 Å². The van der Waals surface area contributed by atoms with Crippen molar-refractivity contribution in [2.75, 3.05) is 5.73 Å². The van der Waals surface area contributed by atoms with E-state index in [-0.39, 0.29) is 0 Å². The minimum Gasteiger partial charge on any atom is -0.480 e. The third-order valence-electron chi connectivity index (χ3n) is 2.72. The van der Waals surface area contributed by atoms with Crippen LogP contribution in [0.1, 0.15) is 28.9 Å². The van der Waals surface area contributed by atoms with Gasteiger partial charge in [0.05, 0.1) is 6.20 Å². The van der Waals surface area contributed by atoms with Crippen LogP contribution in [0.5, 0.6) is 0 Å². The molecule has 0 radical (unpaired) electrons. The van der Waals surface area contributed by atoms with E-state index in [0.717, 1.165) is 17.8 Å². The van der Waals surface area contributed by atoms with Crippen LogP contribution in [-0.4, -0.2) is 27.5 Å². The molecular formula is C9H11N3O3S. The Hall–Kier alpha value is -1.63. The molecule has 1 fully saturated rings. The van der Waals surface area contributed by atoms with Crippen LogP contribution in [0.15, 0.2) is 6.20 Å². The fourth-order valence-electron chi connectivity index (χ4n) is 1.59. The molecule has 1 heterocycles. The number of hydrogen-bond acceptors (Lipinski definition) is 5. The summed E-state index contributed by atoms with van der Waals surface area (Å²) in [5, 5.41) is 11.9. The molecule has 0 spiro atoms. The van der Waals surface area contributed by atoms with E-state index in [2.05, 4.69) is 10.3 Å². The van der Waals surface area contributed by atoms with Gasteiger partial charge in [-0.1, -0.05) is 11.3 Å². The summed E-state index contributed by atoms with van der Waals surface area (Å²) in [6.07, 6.45) is 3.12. The largest absolute Gasteiger partial charge is 0.480 e. The van der Waals surface area contributed by atoms with Gasteiger partial charge < -0.3 is 16.2 Å². The van der Waals surface area contributed by atoms with Crippen molar-refractivity contribution >= 4 is 28.3 Å². The minimum atomic E-state index is -1.09. The molecule has 0 atom stereocenters. The Bertz CT molecular complexity index is 439. The van der Waals surface area contributed by atoms with Gasteiger partial charge in [-0.25, -0.2) is 9.78 Å². The number of rotatable bonds is 3. The highest BCUT2D eigenvalue weighted by molar-refractivity contribution is 7.17. The Morgan fingerprint density at radius 1 is 1.56 bits per heavy atom. The van der Waals surface area contributed by atoms with Crippen molar-refractivity contribution in [1.29, 1.82) is 0 Å². The Balaban J connectivity index is 2.10. The molecular weight excluding hydrogens is 230 g/mol. The van der Waals surface area contributed by atoms with Crippen LogP contribution < -0.4 is 11.1 Å². The molecule has 7 heteroatoms. The first-order chi connectivity index (χ1) is 7.53. The highest BCUT2D eigenvalue weighted by atomic mass is 32.1. The molecule has 1 aromatic heterocycles. The number of aliphatic carboxylic acids is 1. The summed E-state index contributed by atoms with van der Waals surface area (Å²) in [5.74, 6) is -1.40. The lowest BCUT2D eigenvalue weighted by Crippen LogP contribution is -2.59. The minimum absolute atomic E-state index is 0.295. The number of aromatic nitrogens is 1. The summed E-state index contributed by atoms with van der Waals surface area (Å²) in [6, 6.07) is 0. The standard InChI is InChI=1S/C9H11N3O3S/c10-8-11-4-5(16-8)6(13)12-9(7(14)15)2-1-3-9/h4H,1-3H2,(H2,10,11)(H,12,13)(H,14,15). The molecule has 0 unspecified atom stereocenters. The Labute approximate surface area is 95.5 Å². The van der Waals surface area contributed by atoms with Crippen LogP contribution in [0.2, 0.25) is 0 Å². The van der Waals surface area contributed by atoms with Crippen LogP contribution in [0.4, 0.5) is 5.13 Å². The molecule has 0 bridgehead atoms. The Morgan fingerprint density at radius 3 is 2.62 bits per heavy atom. The van der Waals surface area contributed by atoms with E-state index in [4.69, 9.17) is 10.8 Å². The van der Waals surface area contributed by atoms with Crippen LogP contribution >= 0.6 is 11.3 Å². The zero-order chi connectivity index (χ0) is 11.8. The summed E-state index contributed by atoms with van der Waals surface area (Å²) < 4.78 is 0. The highest BCUT2D eigenvalue weighted by Crippen LogP contribution is 2.32. The third kappa shape index (κ3) is 1.73. The lowest BCUT2D eigenvalue weighted by atomic mass is 9.77.